The predicted molar refractivity (Wildman–Crippen MR) is 93.3 cm³/mol. The van der Waals surface area contributed by atoms with E-state index in [2.05, 4.69) is 19.9 Å². The molecule has 0 spiro atoms. The first-order valence-corrected chi connectivity index (χ1v) is 8.85. The van der Waals surface area contributed by atoms with E-state index in [1.165, 1.54) is 0 Å². The van der Waals surface area contributed by atoms with Gasteiger partial charge < -0.3 is 14.4 Å². The van der Waals surface area contributed by atoms with Gasteiger partial charge in [-0.3, -0.25) is 9.80 Å². The molecule has 1 aromatic carbocycles. The molecule has 1 atom stereocenters. The van der Waals surface area contributed by atoms with Crippen LogP contribution in [-0.4, -0.2) is 70.5 Å². The van der Waals surface area contributed by atoms with Gasteiger partial charge in [0, 0.05) is 39.1 Å². The van der Waals surface area contributed by atoms with Crippen LogP contribution in [-0.2, 0) is 13.0 Å². The molecule has 1 N–H and O–H groups in total. The lowest BCUT2D eigenvalue weighted by molar-refractivity contribution is 0.0440. The number of nitrogens with zero attached hydrogens (tertiary/aromatic N) is 4. The zero-order chi connectivity index (χ0) is 17.5. The van der Waals surface area contributed by atoms with Crippen LogP contribution in [0.4, 0.5) is 0 Å². The lowest BCUT2D eigenvalue weighted by Gasteiger charge is -2.34. The molecule has 25 heavy (non-hydrogen) atoms. The van der Waals surface area contributed by atoms with Gasteiger partial charge in [0.1, 0.15) is 18.5 Å². The largest absolute Gasteiger partial charge is 0.491 e. The molecule has 1 aliphatic rings. The van der Waals surface area contributed by atoms with Crippen molar-refractivity contribution in [3.8, 4) is 5.75 Å². The molecule has 136 valence electrons. The zero-order valence-corrected chi connectivity index (χ0v) is 14.7. The molecule has 1 saturated heterocycles. The molecule has 0 unspecified atom stereocenters. The van der Waals surface area contributed by atoms with E-state index in [-0.39, 0.29) is 0 Å². The summed E-state index contributed by atoms with van der Waals surface area (Å²) in [4.78, 5) is 8.93. The highest BCUT2D eigenvalue weighted by atomic mass is 16.5. The van der Waals surface area contributed by atoms with Gasteiger partial charge in [-0.25, -0.2) is 0 Å². The highest BCUT2D eigenvalue weighted by molar-refractivity contribution is 5.20. The van der Waals surface area contributed by atoms with Gasteiger partial charge in [0.05, 0.1) is 6.54 Å². The van der Waals surface area contributed by atoms with E-state index in [0.29, 0.717) is 19.0 Å². The fourth-order valence-corrected chi connectivity index (χ4v) is 2.89. The average molecular weight is 346 g/mol. The zero-order valence-electron chi connectivity index (χ0n) is 14.7. The summed E-state index contributed by atoms with van der Waals surface area (Å²) in [5.74, 6) is 2.23. The first kappa shape index (κ1) is 17.8. The molecule has 0 radical (unpaired) electrons. The van der Waals surface area contributed by atoms with Crippen molar-refractivity contribution < 1.29 is 14.4 Å². The van der Waals surface area contributed by atoms with Crippen LogP contribution >= 0.6 is 0 Å². The minimum atomic E-state index is -0.490. The number of β-amino-alcohol motifs (C(OH)–C–C–N with tert-alkyl or cyclic N) is 1. The van der Waals surface area contributed by atoms with Crippen molar-refractivity contribution in [1.82, 2.24) is 19.9 Å². The highest BCUT2D eigenvalue weighted by Crippen LogP contribution is 2.10. The van der Waals surface area contributed by atoms with Gasteiger partial charge >= 0.3 is 0 Å². The molecule has 1 fully saturated rings. The second-order valence-electron chi connectivity index (χ2n) is 6.31. The van der Waals surface area contributed by atoms with Crippen molar-refractivity contribution in [2.24, 2.45) is 0 Å². The molecular formula is C18H26N4O3. The van der Waals surface area contributed by atoms with E-state index >= 15 is 0 Å². The number of aryl methyl sites for hydroxylation is 1. The van der Waals surface area contributed by atoms with Gasteiger partial charge in [0.25, 0.3) is 0 Å². The predicted octanol–water partition coefficient (Wildman–Crippen LogP) is 1.19. The van der Waals surface area contributed by atoms with Gasteiger partial charge in [0.2, 0.25) is 5.89 Å². The third-order valence-electron chi connectivity index (χ3n) is 4.30. The van der Waals surface area contributed by atoms with Crippen LogP contribution in [0.2, 0.25) is 0 Å². The van der Waals surface area contributed by atoms with Crippen LogP contribution in [0, 0.1) is 0 Å². The third-order valence-corrected chi connectivity index (χ3v) is 4.30. The first-order valence-electron chi connectivity index (χ1n) is 8.85. The van der Waals surface area contributed by atoms with Gasteiger partial charge in [-0.2, -0.15) is 4.98 Å². The molecule has 0 amide bonds. The molecule has 0 saturated carbocycles. The lowest BCUT2D eigenvalue weighted by atomic mass is 10.2. The van der Waals surface area contributed by atoms with Gasteiger partial charge in [-0.1, -0.05) is 30.3 Å². The van der Waals surface area contributed by atoms with Crippen molar-refractivity contribution in [3.63, 3.8) is 0 Å². The number of aliphatic hydroxyl groups is 1. The van der Waals surface area contributed by atoms with Crippen LogP contribution in [0.1, 0.15) is 18.6 Å². The maximum absolute atomic E-state index is 10.2. The second-order valence-corrected chi connectivity index (χ2v) is 6.31. The number of hydrogen-bond acceptors (Lipinski definition) is 7. The van der Waals surface area contributed by atoms with Crippen LogP contribution in [0.15, 0.2) is 34.9 Å². The molecule has 0 aliphatic carbocycles. The summed E-state index contributed by atoms with van der Waals surface area (Å²) in [5.41, 5.74) is 0. The fourth-order valence-electron chi connectivity index (χ4n) is 2.89. The molecule has 2 aromatic rings. The topological polar surface area (TPSA) is 74.9 Å². The van der Waals surface area contributed by atoms with Gasteiger partial charge in [-0.15, -0.1) is 0 Å². The maximum Gasteiger partial charge on any atom is 0.226 e. The number of para-hydroxylation sites is 1. The Bertz CT molecular complexity index is 626. The van der Waals surface area contributed by atoms with E-state index in [1.54, 1.807) is 0 Å². The summed E-state index contributed by atoms with van der Waals surface area (Å²) < 4.78 is 10.8. The summed E-state index contributed by atoms with van der Waals surface area (Å²) in [5, 5.41) is 14.2. The number of ether oxygens (including phenoxy) is 1. The number of hydrogen-bond donors (Lipinski definition) is 1. The summed E-state index contributed by atoms with van der Waals surface area (Å²) in [7, 11) is 0. The van der Waals surface area contributed by atoms with Crippen molar-refractivity contribution in [1.29, 1.82) is 0 Å². The standard InChI is InChI=1S/C18H26N4O3/c1-2-18-19-17(20-25-18)13-22-10-8-21(9-11-22)12-15(23)14-24-16-6-4-3-5-7-16/h3-7,15,23H,2,8-14H2,1H3/t15-/m0/s1. The van der Waals surface area contributed by atoms with Crippen molar-refractivity contribution in [2.45, 2.75) is 26.0 Å². The Morgan fingerprint density at radius 1 is 1.16 bits per heavy atom. The number of aromatic nitrogens is 2. The Kier molecular flexibility index (Phi) is 6.38. The number of benzene rings is 1. The molecule has 7 nitrogen and oxygen atoms in total. The summed E-state index contributed by atoms with van der Waals surface area (Å²) in [6, 6.07) is 9.59. The molecule has 1 aliphatic heterocycles. The molecule has 1 aromatic heterocycles. The minimum Gasteiger partial charge on any atom is -0.491 e. The number of rotatable bonds is 8. The molecular weight excluding hydrogens is 320 g/mol. The minimum absolute atomic E-state index is 0.312. The van der Waals surface area contributed by atoms with Crippen molar-refractivity contribution in [2.75, 3.05) is 39.3 Å². The maximum atomic E-state index is 10.2. The van der Waals surface area contributed by atoms with Gasteiger partial charge in [-0.05, 0) is 12.1 Å². The molecule has 7 heteroatoms. The fraction of sp³-hybridized carbons (Fsp3) is 0.556. The molecule has 2 heterocycles. The van der Waals surface area contributed by atoms with Crippen LogP contribution in [0.3, 0.4) is 0 Å². The normalized spacial score (nSPS) is 17.5. The van der Waals surface area contributed by atoms with E-state index < -0.39 is 6.10 Å². The SMILES string of the molecule is CCc1nc(CN2CCN(C[C@H](O)COc3ccccc3)CC2)no1. The Labute approximate surface area is 148 Å². The summed E-state index contributed by atoms with van der Waals surface area (Å²) >= 11 is 0. The Hall–Kier alpha value is -1.96. The van der Waals surface area contributed by atoms with E-state index in [4.69, 9.17) is 9.26 Å². The average Bonchev–Trinajstić information content (AvgIpc) is 3.10. The highest BCUT2D eigenvalue weighted by Gasteiger charge is 2.21. The Balaban J connectivity index is 1.35. The molecule has 0 bridgehead atoms. The lowest BCUT2D eigenvalue weighted by Crippen LogP contribution is -2.48. The van der Waals surface area contributed by atoms with Crippen LogP contribution in [0.25, 0.3) is 0 Å². The third kappa shape index (κ3) is 5.52. The van der Waals surface area contributed by atoms with Crippen molar-refractivity contribution >= 4 is 0 Å². The summed E-state index contributed by atoms with van der Waals surface area (Å²) in [6.45, 7) is 7.36. The van der Waals surface area contributed by atoms with Crippen LogP contribution in [0.5, 0.6) is 5.75 Å². The van der Waals surface area contributed by atoms with Crippen molar-refractivity contribution in [3.05, 3.63) is 42.0 Å². The summed E-state index contributed by atoms with van der Waals surface area (Å²) in [6.07, 6.45) is 0.278. The smallest absolute Gasteiger partial charge is 0.226 e. The Morgan fingerprint density at radius 2 is 1.88 bits per heavy atom. The Morgan fingerprint density at radius 3 is 2.56 bits per heavy atom. The molecule has 3 rings (SSSR count). The quantitative estimate of drug-likeness (QED) is 0.769. The first-order chi connectivity index (χ1) is 12.2. The van der Waals surface area contributed by atoms with Gasteiger partial charge in [0.15, 0.2) is 5.82 Å². The van der Waals surface area contributed by atoms with E-state index in [0.717, 1.165) is 50.7 Å². The van der Waals surface area contributed by atoms with E-state index in [9.17, 15) is 5.11 Å². The number of aliphatic hydroxyl groups excluding tert-OH is 1. The number of piperazine rings is 1. The monoisotopic (exact) mass is 346 g/mol. The van der Waals surface area contributed by atoms with Crippen LogP contribution < -0.4 is 4.74 Å². The van der Waals surface area contributed by atoms with E-state index in [1.807, 2.05) is 37.3 Å². The second kappa shape index (κ2) is 8.94.